The number of ether oxygens (including phenoxy) is 1. The van der Waals surface area contributed by atoms with E-state index in [1.165, 1.54) is 32.4 Å². The summed E-state index contributed by atoms with van der Waals surface area (Å²) in [5.74, 6) is 0.971. The minimum atomic E-state index is 0.696. The van der Waals surface area contributed by atoms with Gasteiger partial charge in [-0.2, -0.15) is 0 Å². The molecule has 0 aliphatic carbocycles. The minimum Gasteiger partial charge on any atom is -0.494 e. The van der Waals surface area contributed by atoms with Gasteiger partial charge in [0.05, 0.1) is 6.61 Å². The van der Waals surface area contributed by atoms with Crippen molar-refractivity contribution in [3.8, 4) is 5.75 Å². The van der Waals surface area contributed by atoms with Crippen molar-refractivity contribution in [1.29, 1.82) is 0 Å². The van der Waals surface area contributed by atoms with Crippen LogP contribution in [0.15, 0.2) is 30.3 Å². The van der Waals surface area contributed by atoms with E-state index in [1.54, 1.807) is 0 Å². The van der Waals surface area contributed by atoms with Gasteiger partial charge in [-0.3, -0.25) is 0 Å². The summed E-state index contributed by atoms with van der Waals surface area (Å²) in [5.41, 5.74) is 0. The Balaban J connectivity index is 1.54. The van der Waals surface area contributed by atoms with Gasteiger partial charge >= 0.3 is 0 Å². The molecule has 0 spiro atoms. The number of rotatable bonds is 6. The number of nitrogens with zero attached hydrogens (tertiary/aromatic N) is 1. The van der Waals surface area contributed by atoms with Crippen molar-refractivity contribution < 1.29 is 4.74 Å². The largest absolute Gasteiger partial charge is 0.494 e. The van der Waals surface area contributed by atoms with Gasteiger partial charge in [0, 0.05) is 6.04 Å². The highest BCUT2D eigenvalue weighted by Crippen LogP contribution is 2.10. The van der Waals surface area contributed by atoms with Gasteiger partial charge in [0.1, 0.15) is 5.75 Å². The molecule has 1 aromatic carbocycles. The van der Waals surface area contributed by atoms with Gasteiger partial charge in [0.15, 0.2) is 0 Å². The summed E-state index contributed by atoms with van der Waals surface area (Å²) >= 11 is 0. The molecule has 1 atom stereocenters. The smallest absolute Gasteiger partial charge is 0.119 e. The molecule has 3 nitrogen and oxygen atoms in total. The molecule has 2 rings (SSSR count). The molecule has 1 fully saturated rings. The van der Waals surface area contributed by atoms with Gasteiger partial charge in [-0.1, -0.05) is 18.2 Å². The third-order valence-corrected chi connectivity index (χ3v) is 3.72. The summed E-state index contributed by atoms with van der Waals surface area (Å²) in [5, 5.41) is 3.66. The van der Waals surface area contributed by atoms with E-state index in [-0.39, 0.29) is 0 Å². The zero-order chi connectivity index (χ0) is 13.3. The molecule has 0 amide bonds. The van der Waals surface area contributed by atoms with Crippen LogP contribution in [0.3, 0.4) is 0 Å². The highest BCUT2D eigenvalue weighted by atomic mass is 16.5. The molecule has 1 unspecified atom stereocenters. The van der Waals surface area contributed by atoms with Crippen LogP contribution in [0.1, 0.15) is 25.7 Å². The molecule has 19 heavy (non-hydrogen) atoms. The summed E-state index contributed by atoms with van der Waals surface area (Å²) < 4.78 is 5.69. The molecule has 1 heterocycles. The second-order valence-corrected chi connectivity index (χ2v) is 5.40. The van der Waals surface area contributed by atoms with Crippen molar-refractivity contribution in [2.24, 2.45) is 0 Å². The van der Waals surface area contributed by atoms with Crippen LogP contribution in [0.5, 0.6) is 5.75 Å². The fourth-order valence-corrected chi connectivity index (χ4v) is 2.53. The SMILES string of the molecule is CN1CCCC(NCCCOc2ccccc2)CC1. The monoisotopic (exact) mass is 262 g/mol. The predicted octanol–water partition coefficient (Wildman–Crippen LogP) is 2.53. The van der Waals surface area contributed by atoms with Crippen molar-refractivity contribution in [2.45, 2.75) is 31.7 Å². The quantitative estimate of drug-likeness (QED) is 0.797. The first kappa shape index (κ1) is 14.4. The Morgan fingerprint density at radius 1 is 1.21 bits per heavy atom. The normalized spacial score (nSPS) is 21.0. The van der Waals surface area contributed by atoms with Crippen molar-refractivity contribution in [1.82, 2.24) is 10.2 Å². The zero-order valence-corrected chi connectivity index (χ0v) is 12.0. The molecule has 0 radical (unpaired) electrons. The lowest BCUT2D eigenvalue weighted by Gasteiger charge is -2.16. The maximum atomic E-state index is 5.69. The first-order chi connectivity index (χ1) is 9.34. The van der Waals surface area contributed by atoms with E-state index in [0.29, 0.717) is 6.04 Å². The van der Waals surface area contributed by atoms with Crippen LogP contribution >= 0.6 is 0 Å². The van der Waals surface area contributed by atoms with Crippen LogP contribution in [-0.2, 0) is 0 Å². The van der Waals surface area contributed by atoms with E-state index in [4.69, 9.17) is 4.74 Å². The van der Waals surface area contributed by atoms with Crippen molar-refractivity contribution in [3.05, 3.63) is 30.3 Å². The topological polar surface area (TPSA) is 24.5 Å². The molecular formula is C16H26N2O. The molecule has 0 aromatic heterocycles. The third kappa shape index (κ3) is 5.62. The standard InChI is InChI=1S/C16H26N2O/c1-18-12-5-7-15(10-13-18)17-11-6-14-19-16-8-3-2-4-9-16/h2-4,8-9,15,17H,5-7,10-14H2,1H3. The van der Waals surface area contributed by atoms with Gasteiger partial charge in [0.2, 0.25) is 0 Å². The van der Waals surface area contributed by atoms with Crippen LogP contribution in [0.4, 0.5) is 0 Å². The molecular weight excluding hydrogens is 236 g/mol. The molecule has 1 N–H and O–H groups in total. The summed E-state index contributed by atoms with van der Waals surface area (Å²) in [6, 6.07) is 10.7. The van der Waals surface area contributed by atoms with E-state index in [9.17, 15) is 0 Å². The molecule has 0 saturated carbocycles. The van der Waals surface area contributed by atoms with Crippen LogP contribution in [0.25, 0.3) is 0 Å². The second-order valence-electron chi connectivity index (χ2n) is 5.40. The summed E-state index contributed by atoms with van der Waals surface area (Å²) in [4.78, 5) is 2.43. The van der Waals surface area contributed by atoms with Crippen LogP contribution in [0.2, 0.25) is 0 Å². The molecule has 1 saturated heterocycles. The minimum absolute atomic E-state index is 0.696. The Hall–Kier alpha value is -1.06. The Morgan fingerprint density at radius 3 is 2.89 bits per heavy atom. The first-order valence-corrected chi connectivity index (χ1v) is 7.44. The van der Waals surface area contributed by atoms with Gasteiger partial charge < -0.3 is 15.0 Å². The average Bonchev–Trinajstić information content (AvgIpc) is 2.64. The van der Waals surface area contributed by atoms with Gasteiger partial charge in [-0.15, -0.1) is 0 Å². The van der Waals surface area contributed by atoms with E-state index >= 15 is 0 Å². The van der Waals surface area contributed by atoms with E-state index < -0.39 is 0 Å². The summed E-state index contributed by atoms with van der Waals surface area (Å²) in [6.45, 7) is 4.32. The highest BCUT2D eigenvalue weighted by molar-refractivity contribution is 5.20. The number of hydrogen-bond acceptors (Lipinski definition) is 3. The Labute approximate surface area is 116 Å². The molecule has 1 aromatic rings. The van der Waals surface area contributed by atoms with E-state index in [2.05, 4.69) is 17.3 Å². The fourth-order valence-electron chi connectivity index (χ4n) is 2.53. The Bertz CT molecular complexity index is 342. The van der Waals surface area contributed by atoms with E-state index in [0.717, 1.165) is 25.3 Å². The maximum absolute atomic E-state index is 5.69. The highest BCUT2D eigenvalue weighted by Gasteiger charge is 2.13. The third-order valence-electron chi connectivity index (χ3n) is 3.72. The van der Waals surface area contributed by atoms with Crippen LogP contribution in [-0.4, -0.2) is 44.2 Å². The number of para-hydroxylation sites is 1. The van der Waals surface area contributed by atoms with Gasteiger partial charge in [-0.25, -0.2) is 0 Å². The molecule has 3 heteroatoms. The predicted molar refractivity (Wildman–Crippen MR) is 79.7 cm³/mol. The summed E-state index contributed by atoms with van der Waals surface area (Å²) in [6.07, 6.45) is 4.97. The lowest BCUT2D eigenvalue weighted by atomic mass is 10.1. The number of nitrogens with one attached hydrogen (secondary N) is 1. The number of hydrogen-bond donors (Lipinski definition) is 1. The first-order valence-electron chi connectivity index (χ1n) is 7.44. The van der Waals surface area contributed by atoms with Gasteiger partial charge in [-0.05, 0) is 64.5 Å². The van der Waals surface area contributed by atoms with Crippen LogP contribution < -0.4 is 10.1 Å². The summed E-state index contributed by atoms with van der Waals surface area (Å²) in [7, 11) is 2.22. The Kier molecular flexibility index (Phi) is 6.18. The zero-order valence-electron chi connectivity index (χ0n) is 12.0. The van der Waals surface area contributed by atoms with E-state index in [1.807, 2.05) is 30.3 Å². The van der Waals surface area contributed by atoms with Crippen molar-refractivity contribution in [3.63, 3.8) is 0 Å². The van der Waals surface area contributed by atoms with Crippen molar-refractivity contribution in [2.75, 3.05) is 33.3 Å². The molecule has 1 aliphatic heterocycles. The fraction of sp³-hybridized carbons (Fsp3) is 0.625. The average molecular weight is 262 g/mol. The Morgan fingerprint density at radius 2 is 2.05 bits per heavy atom. The molecule has 0 bridgehead atoms. The lowest BCUT2D eigenvalue weighted by molar-refractivity contribution is 0.301. The van der Waals surface area contributed by atoms with Crippen molar-refractivity contribution >= 4 is 0 Å². The van der Waals surface area contributed by atoms with Crippen LogP contribution in [0, 0.1) is 0 Å². The maximum Gasteiger partial charge on any atom is 0.119 e. The lowest BCUT2D eigenvalue weighted by Crippen LogP contribution is -2.31. The molecule has 1 aliphatic rings. The van der Waals surface area contributed by atoms with Gasteiger partial charge in [0.25, 0.3) is 0 Å². The second kappa shape index (κ2) is 8.18. The number of likely N-dealkylation sites (tertiary alicyclic amines) is 1. The molecule has 106 valence electrons. The number of benzene rings is 1.